The van der Waals surface area contributed by atoms with Crippen LogP contribution in [0.1, 0.15) is 23.4 Å². The number of anilines is 1. The number of hydrogen-bond acceptors (Lipinski definition) is 6. The number of aryl methyl sites for hydroxylation is 1. The highest BCUT2D eigenvalue weighted by Gasteiger charge is 2.40. The smallest absolute Gasteiger partial charge is 0.307 e. The minimum absolute atomic E-state index is 0.101. The Morgan fingerprint density at radius 2 is 2.15 bits per heavy atom. The van der Waals surface area contributed by atoms with Crippen molar-refractivity contribution >= 4 is 32.6 Å². The van der Waals surface area contributed by atoms with Crippen molar-refractivity contribution in [3.05, 3.63) is 10.6 Å². The number of aromatic nitrogens is 1. The van der Waals surface area contributed by atoms with Gasteiger partial charge in [0.2, 0.25) is 5.91 Å². The predicted octanol–water partition coefficient (Wildman–Crippen LogP) is 0.364. The highest BCUT2D eigenvalue weighted by atomic mass is 32.3. The lowest BCUT2D eigenvalue weighted by Crippen LogP contribution is -2.27. The van der Waals surface area contributed by atoms with Crippen molar-refractivity contribution in [3.8, 4) is 0 Å². The Hall–Kier alpha value is -1.06. The molecule has 0 aromatic carbocycles. The van der Waals surface area contributed by atoms with Gasteiger partial charge in [0.15, 0.2) is 5.13 Å². The molecule has 9 heteroatoms. The zero-order chi connectivity index (χ0) is 14.5. The van der Waals surface area contributed by atoms with Crippen molar-refractivity contribution in [3.63, 3.8) is 0 Å². The SMILES string of the molecule is N[C@H]1CCc2nc(N3CC(S(=O)(=O)F)CC3=O)sc2C1. The van der Waals surface area contributed by atoms with Crippen LogP contribution in [-0.2, 0) is 27.9 Å². The molecule has 0 spiro atoms. The van der Waals surface area contributed by atoms with Gasteiger partial charge in [0.1, 0.15) is 5.25 Å². The van der Waals surface area contributed by atoms with Gasteiger partial charge in [0.25, 0.3) is 0 Å². The molecule has 3 rings (SSSR count). The summed E-state index contributed by atoms with van der Waals surface area (Å²) < 4.78 is 34.8. The first kappa shape index (κ1) is 13.9. The van der Waals surface area contributed by atoms with Crippen molar-refractivity contribution in [2.75, 3.05) is 11.4 Å². The molecule has 1 amide bonds. The van der Waals surface area contributed by atoms with Crippen LogP contribution in [0.15, 0.2) is 0 Å². The average Bonchev–Trinajstić information content (AvgIpc) is 2.90. The quantitative estimate of drug-likeness (QED) is 0.795. The standard InChI is InChI=1S/C11H14FN3O3S2/c12-20(17,18)7-4-10(16)15(5-7)11-14-8-2-1-6(13)3-9(8)19-11/h6-7H,1-5,13H2/t6-,7?/m0/s1. The summed E-state index contributed by atoms with van der Waals surface area (Å²) >= 11 is 1.35. The van der Waals surface area contributed by atoms with E-state index in [-0.39, 0.29) is 19.0 Å². The normalized spacial score (nSPS) is 26.9. The summed E-state index contributed by atoms with van der Waals surface area (Å²) in [7, 11) is -4.69. The largest absolute Gasteiger partial charge is 0.327 e. The highest BCUT2D eigenvalue weighted by Crippen LogP contribution is 2.34. The maximum Gasteiger partial charge on any atom is 0.307 e. The maximum atomic E-state index is 13.0. The van der Waals surface area contributed by atoms with E-state index < -0.39 is 21.4 Å². The number of nitrogens with zero attached hydrogens (tertiary/aromatic N) is 2. The van der Waals surface area contributed by atoms with Gasteiger partial charge in [-0.05, 0) is 19.3 Å². The summed E-state index contributed by atoms with van der Waals surface area (Å²) in [6.07, 6.45) is 2.02. The first-order chi connectivity index (χ1) is 9.34. The summed E-state index contributed by atoms with van der Waals surface area (Å²) in [6, 6.07) is 0.101. The van der Waals surface area contributed by atoms with Crippen LogP contribution in [-0.4, -0.2) is 37.1 Å². The minimum atomic E-state index is -4.69. The van der Waals surface area contributed by atoms with E-state index in [1.165, 1.54) is 16.2 Å². The Morgan fingerprint density at radius 1 is 1.40 bits per heavy atom. The van der Waals surface area contributed by atoms with Crippen LogP contribution >= 0.6 is 11.3 Å². The molecule has 2 heterocycles. The van der Waals surface area contributed by atoms with Crippen molar-refractivity contribution in [1.82, 2.24) is 4.98 Å². The molecule has 1 aromatic heterocycles. The Bertz CT molecular complexity index is 658. The average molecular weight is 319 g/mol. The fraction of sp³-hybridized carbons (Fsp3) is 0.636. The Morgan fingerprint density at radius 3 is 2.80 bits per heavy atom. The molecule has 110 valence electrons. The predicted molar refractivity (Wildman–Crippen MR) is 72.9 cm³/mol. The number of carbonyl (C=O) groups is 1. The van der Waals surface area contributed by atoms with Gasteiger partial charge in [0, 0.05) is 23.9 Å². The number of carbonyl (C=O) groups excluding carboxylic acids is 1. The van der Waals surface area contributed by atoms with E-state index in [9.17, 15) is 17.1 Å². The number of rotatable bonds is 2. The summed E-state index contributed by atoms with van der Waals surface area (Å²) in [4.78, 5) is 18.5. The molecule has 6 nitrogen and oxygen atoms in total. The molecule has 0 radical (unpaired) electrons. The summed E-state index contributed by atoms with van der Waals surface area (Å²) in [5, 5.41) is -0.821. The van der Waals surface area contributed by atoms with Crippen molar-refractivity contribution in [2.24, 2.45) is 5.73 Å². The van der Waals surface area contributed by atoms with E-state index in [0.29, 0.717) is 5.13 Å². The van der Waals surface area contributed by atoms with Gasteiger partial charge in [0.05, 0.1) is 5.69 Å². The van der Waals surface area contributed by atoms with Gasteiger partial charge >= 0.3 is 10.2 Å². The third-order valence-electron chi connectivity index (χ3n) is 3.69. The van der Waals surface area contributed by atoms with Gasteiger partial charge in [-0.25, -0.2) is 4.98 Å². The molecule has 1 aliphatic heterocycles. The zero-order valence-corrected chi connectivity index (χ0v) is 12.2. The van der Waals surface area contributed by atoms with E-state index in [1.807, 2.05) is 0 Å². The number of fused-ring (bicyclic) bond motifs is 1. The summed E-state index contributed by atoms with van der Waals surface area (Å²) in [5.41, 5.74) is 6.81. The molecule has 2 atom stereocenters. The molecule has 2 aliphatic rings. The molecule has 20 heavy (non-hydrogen) atoms. The number of halogens is 1. The van der Waals surface area contributed by atoms with Gasteiger partial charge in [-0.15, -0.1) is 15.2 Å². The van der Waals surface area contributed by atoms with Gasteiger partial charge in [-0.2, -0.15) is 8.42 Å². The molecule has 0 saturated carbocycles. The second kappa shape index (κ2) is 4.74. The van der Waals surface area contributed by atoms with Crippen LogP contribution in [0.5, 0.6) is 0 Å². The monoisotopic (exact) mass is 319 g/mol. The summed E-state index contributed by atoms with van der Waals surface area (Å²) in [5.74, 6) is -0.397. The Kier molecular flexibility index (Phi) is 3.30. The van der Waals surface area contributed by atoms with Gasteiger partial charge in [-0.1, -0.05) is 0 Å². The molecular weight excluding hydrogens is 305 g/mol. The summed E-state index contributed by atoms with van der Waals surface area (Å²) in [6.45, 7) is -0.157. The fourth-order valence-electron chi connectivity index (χ4n) is 2.55. The second-order valence-corrected chi connectivity index (χ2v) is 7.86. The lowest BCUT2D eigenvalue weighted by Gasteiger charge is -2.15. The molecule has 2 N–H and O–H groups in total. The molecule has 1 aromatic rings. The Balaban J connectivity index is 1.86. The molecule has 1 saturated heterocycles. The molecule has 1 unspecified atom stereocenters. The minimum Gasteiger partial charge on any atom is -0.327 e. The van der Waals surface area contributed by atoms with Crippen molar-refractivity contribution in [1.29, 1.82) is 0 Å². The van der Waals surface area contributed by atoms with E-state index in [2.05, 4.69) is 4.98 Å². The Labute approximate surface area is 120 Å². The van der Waals surface area contributed by atoms with Crippen molar-refractivity contribution in [2.45, 2.75) is 37.0 Å². The second-order valence-electron chi connectivity index (χ2n) is 5.18. The number of hydrogen-bond donors (Lipinski definition) is 1. The highest BCUT2D eigenvalue weighted by molar-refractivity contribution is 7.87. The molecule has 0 bridgehead atoms. The van der Waals surface area contributed by atoms with Crippen molar-refractivity contribution < 1.29 is 17.1 Å². The molecule has 1 fully saturated rings. The van der Waals surface area contributed by atoms with Gasteiger partial charge < -0.3 is 5.73 Å². The number of amides is 1. The third-order valence-corrected chi connectivity index (χ3v) is 5.94. The lowest BCUT2D eigenvalue weighted by molar-refractivity contribution is -0.117. The van der Waals surface area contributed by atoms with Crippen LogP contribution in [0.25, 0.3) is 0 Å². The van der Waals surface area contributed by atoms with E-state index in [0.717, 1.165) is 29.8 Å². The first-order valence-electron chi connectivity index (χ1n) is 6.32. The zero-order valence-electron chi connectivity index (χ0n) is 10.6. The van der Waals surface area contributed by atoms with Gasteiger partial charge in [-0.3, -0.25) is 9.69 Å². The number of nitrogens with two attached hydrogens (primary N) is 1. The van der Waals surface area contributed by atoms with Crippen LogP contribution < -0.4 is 10.6 Å². The first-order valence-corrected chi connectivity index (χ1v) is 8.59. The maximum absolute atomic E-state index is 13.0. The van der Waals surface area contributed by atoms with E-state index >= 15 is 0 Å². The van der Waals surface area contributed by atoms with E-state index in [1.54, 1.807) is 0 Å². The fourth-order valence-corrected chi connectivity index (χ4v) is 4.45. The van der Waals surface area contributed by atoms with Crippen LogP contribution in [0.2, 0.25) is 0 Å². The lowest BCUT2D eigenvalue weighted by atomic mass is 9.99. The molecular formula is C11H14FN3O3S2. The third kappa shape index (κ3) is 2.45. The van der Waals surface area contributed by atoms with Crippen LogP contribution in [0, 0.1) is 0 Å². The van der Waals surface area contributed by atoms with E-state index in [4.69, 9.17) is 5.73 Å². The topological polar surface area (TPSA) is 93.4 Å². The molecule has 1 aliphatic carbocycles. The van der Waals surface area contributed by atoms with Crippen LogP contribution in [0.3, 0.4) is 0 Å². The number of thiazole rings is 1. The van der Waals surface area contributed by atoms with Crippen LogP contribution in [0.4, 0.5) is 9.02 Å².